The highest BCUT2D eigenvalue weighted by atomic mass is 35.5. The predicted octanol–water partition coefficient (Wildman–Crippen LogP) is 5.71. The van der Waals surface area contributed by atoms with E-state index in [-0.39, 0.29) is 5.41 Å². The van der Waals surface area contributed by atoms with Crippen molar-refractivity contribution in [1.29, 1.82) is 0 Å². The van der Waals surface area contributed by atoms with Gasteiger partial charge >= 0.3 is 0 Å². The molecule has 178 valence electrons. The second-order valence-corrected chi connectivity index (χ2v) is 10.1. The molecule has 1 aliphatic carbocycles. The highest BCUT2D eigenvalue weighted by molar-refractivity contribution is 7.80. The van der Waals surface area contributed by atoms with Gasteiger partial charge in [0.05, 0.1) is 7.11 Å². The molecule has 0 radical (unpaired) electrons. The Bertz CT molecular complexity index is 948. The molecule has 0 spiro atoms. The molecule has 1 aliphatic heterocycles. The Morgan fingerprint density at radius 2 is 1.91 bits per heavy atom. The van der Waals surface area contributed by atoms with E-state index in [1.54, 1.807) is 7.11 Å². The summed E-state index contributed by atoms with van der Waals surface area (Å²) in [5, 5.41) is 7.95. The van der Waals surface area contributed by atoms with Gasteiger partial charge in [0.25, 0.3) is 0 Å². The SMILES string of the molecule is COc1cc(N2CCCC[C@@H]2C)nc(NC(=S)NCC2(c3ccc(Cl)cc3)CCCCC2)n1. The van der Waals surface area contributed by atoms with Crippen molar-refractivity contribution in [2.75, 3.05) is 30.4 Å². The topological polar surface area (TPSA) is 62.3 Å². The number of hydrogen-bond donors (Lipinski definition) is 2. The highest BCUT2D eigenvalue weighted by Gasteiger charge is 2.34. The van der Waals surface area contributed by atoms with Crippen LogP contribution in [0.2, 0.25) is 5.02 Å². The van der Waals surface area contributed by atoms with Crippen LogP contribution in [-0.2, 0) is 5.41 Å². The largest absolute Gasteiger partial charge is 0.481 e. The predicted molar refractivity (Wildman–Crippen MR) is 140 cm³/mol. The van der Waals surface area contributed by atoms with Gasteiger partial charge in [0.15, 0.2) is 5.11 Å². The molecular weight excluding hydrogens is 454 g/mol. The number of benzene rings is 1. The van der Waals surface area contributed by atoms with Crippen LogP contribution in [0.25, 0.3) is 0 Å². The first-order chi connectivity index (χ1) is 16.0. The quantitative estimate of drug-likeness (QED) is 0.506. The molecule has 2 heterocycles. The molecule has 1 atom stereocenters. The Labute approximate surface area is 207 Å². The molecule has 4 rings (SSSR count). The van der Waals surface area contributed by atoms with Crippen molar-refractivity contribution in [3.63, 3.8) is 0 Å². The second kappa shape index (κ2) is 10.9. The molecule has 1 saturated carbocycles. The number of nitrogens with one attached hydrogen (secondary N) is 2. The molecule has 0 amide bonds. The number of methoxy groups -OCH3 is 1. The van der Waals surface area contributed by atoms with Gasteiger partial charge in [-0.15, -0.1) is 0 Å². The maximum Gasteiger partial charge on any atom is 0.234 e. The molecule has 1 saturated heterocycles. The molecule has 1 aromatic carbocycles. The van der Waals surface area contributed by atoms with Crippen molar-refractivity contribution in [3.8, 4) is 5.88 Å². The van der Waals surface area contributed by atoms with E-state index in [0.717, 1.165) is 36.8 Å². The molecule has 2 aromatic rings. The lowest BCUT2D eigenvalue weighted by Crippen LogP contribution is -2.43. The lowest BCUT2D eigenvalue weighted by molar-refractivity contribution is 0.292. The van der Waals surface area contributed by atoms with Crippen molar-refractivity contribution in [2.45, 2.75) is 69.7 Å². The molecule has 2 aliphatic rings. The molecule has 1 aromatic heterocycles. The average molecular weight is 488 g/mol. The van der Waals surface area contributed by atoms with Gasteiger partial charge in [-0.05, 0) is 68.9 Å². The Balaban J connectivity index is 1.46. The van der Waals surface area contributed by atoms with E-state index >= 15 is 0 Å². The van der Waals surface area contributed by atoms with Gasteiger partial charge in [0.1, 0.15) is 5.82 Å². The molecule has 33 heavy (non-hydrogen) atoms. The number of rotatable bonds is 6. The number of thiocarbonyl (C=S) groups is 1. The van der Waals surface area contributed by atoms with Crippen molar-refractivity contribution < 1.29 is 4.74 Å². The Hall–Kier alpha value is -2.12. The van der Waals surface area contributed by atoms with E-state index in [4.69, 9.17) is 33.5 Å². The van der Waals surface area contributed by atoms with Gasteiger partial charge in [0, 0.05) is 35.6 Å². The van der Waals surface area contributed by atoms with E-state index in [9.17, 15) is 0 Å². The van der Waals surface area contributed by atoms with Crippen LogP contribution in [0.1, 0.15) is 63.9 Å². The van der Waals surface area contributed by atoms with Crippen molar-refractivity contribution in [3.05, 3.63) is 40.9 Å². The van der Waals surface area contributed by atoms with E-state index in [1.165, 1.54) is 44.1 Å². The fourth-order valence-electron chi connectivity index (χ4n) is 5.15. The minimum absolute atomic E-state index is 0.0538. The molecule has 6 nitrogen and oxygen atoms in total. The summed E-state index contributed by atoms with van der Waals surface area (Å²) >= 11 is 11.8. The van der Waals surface area contributed by atoms with Crippen LogP contribution in [0.5, 0.6) is 5.88 Å². The van der Waals surface area contributed by atoms with E-state index in [0.29, 0.717) is 23.0 Å². The molecule has 2 N–H and O–H groups in total. The highest BCUT2D eigenvalue weighted by Crippen LogP contribution is 2.39. The van der Waals surface area contributed by atoms with Crippen LogP contribution in [-0.4, -0.2) is 41.3 Å². The molecule has 2 fully saturated rings. The minimum atomic E-state index is 0.0538. The van der Waals surface area contributed by atoms with Crippen molar-refractivity contribution >= 4 is 40.7 Å². The smallest absolute Gasteiger partial charge is 0.234 e. The van der Waals surface area contributed by atoms with Crippen LogP contribution in [0.4, 0.5) is 11.8 Å². The van der Waals surface area contributed by atoms with Gasteiger partial charge < -0.3 is 20.3 Å². The van der Waals surface area contributed by atoms with Crippen LogP contribution < -0.4 is 20.3 Å². The summed E-state index contributed by atoms with van der Waals surface area (Å²) in [5.41, 5.74) is 1.37. The van der Waals surface area contributed by atoms with Gasteiger partial charge in [-0.1, -0.05) is 43.0 Å². The first-order valence-corrected chi connectivity index (χ1v) is 12.8. The Morgan fingerprint density at radius 3 is 2.61 bits per heavy atom. The maximum absolute atomic E-state index is 6.14. The number of nitrogens with zero attached hydrogens (tertiary/aromatic N) is 3. The van der Waals surface area contributed by atoms with Crippen molar-refractivity contribution in [2.24, 2.45) is 0 Å². The molecule has 8 heteroatoms. The summed E-state index contributed by atoms with van der Waals surface area (Å²) in [5.74, 6) is 1.88. The third kappa shape index (κ3) is 5.87. The van der Waals surface area contributed by atoms with E-state index in [1.807, 2.05) is 18.2 Å². The monoisotopic (exact) mass is 487 g/mol. The zero-order valence-electron chi connectivity index (χ0n) is 19.6. The van der Waals surface area contributed by atoms with Crippen molar-refractivity contribution in [1.82, 2.24) is 15.3 Å². The van der Waals surface area contributed by atoms with E-state index in [2.05, 4.69) is 39.6 Å². The summed E-state index contributed by atoms with van der Waals surface area (Å²) in [6.07, 6.45) is 9.60. The minimum Gasteiger partial charge on any atom is -0.481 e. The zero-order valence-corrected chi connectivity index (χ0v) is 21.1. The third-order valence-corrected chi connectivity index (χ3v) is 7.57. The lowest BCUT2D eigenvalue weighted by atomic mass is 9.69. The lowest BCUT2D eigenvalue weighted by Gasteiger charge is -2.38. The summed E-state index contributed by atoms with van der Waals surface area (Å²) in [4.78, 5) is 11.6. The first-order valence-electron chi connectivity index (χ1n) is 12.0. The Morgan fingerprint density at radius 1 is 1.15 bits per heavy atom. The van der Waals surface area contributed by atoms with Gasteiger partial charge in [0.2, 0.25) is 11.8 Å². The standard InChI is InChI=1S/C25H34ClN5OS/c1-18-8-4-7-15-31(18)21-16-22(32-2)29-23(28-21)30-24(33)27-17-25(13-5-3-6-14-25)19-9-11-20(26)12-10-19/h9-12,16,18H,3-8,13-15,17H2,1-2H3,(H2,27,28,29,30,33)/t18-/m0/s1. The molecule has 0 bridgehead atoms. The average Bonchev–Trinajstić information content (AvgIpc) is 2.84. The van der Waals surface area contributed by atoms with Crippen LogP contribution in [0.3, 0.4) is 0 Å². The van der Waals surface area contributed by atoms with Crippen LogP contribution >= 0.6 is 23.8 Å². The summed E-state index contributed by atoms with van der Waals surface area (Å²) in [7, 11) is 1.63. The van der Waals surface area contributed by atoms with E-state index < -0.39 is 0 Å². The number of ether oxygens (including phenoxy) is 1. The number of aromatic nitrogens is 2. The fraction of sp³-hybridized carbons (Fsp3) is 0.560. The van der Waals surface area contributed by atoms with Crippen LogP contribution in [0.15, 0.2) is 30.3 Å². The second-order valence-electron chi connectivity index (χ2n) is 9.29. The third-order valence-electron chi connectivity index (χ3n) is 7.08. The normalized spacial score (nSPS) is 20.2. The first kappa shape index (κ1) is 24.0. The van der Waals surface area contributed by atoms with Gasteiger partial charge in [-0.2, -0.15) is 9.97 Å². The fourth-order valence-corrected chi connectivity index (χ4v) is 5.44. The number of piperidine rings is 1. The number of halogens is 1. The Kier molecular flexibility index (Phi) is 7.91. The van der Waals surface area contributed by atoms with Gasteiger partial charge in [-0.3, -0.25) is 0 Å². The molecular formula is C25H34ClN5OS. The number of anilines is 2. The maximum atomic E-state index is 6.14. The van der Waals surface area contributed by atoms with Gasteiger partial charge in [-0.25, -0.2) is 0 Å². The summed E-state index contributed by atoms with van der Waals surface area (Å²) in [6, 6.07) is 10.6. The van der Waals surface area contributed by atoms with Crippen LogP contribution in [0, 0.1) is 0 Å². The number of hydrogen-bond acceptors (Lipinski definition) is 5. The molecule has 0 unspecified atom stereocenters. The zero-order chi connectivity index (χ0) is 23.3. The summed E-state index contributed by atoms with van der Waals surface area (Å²) in [6.45, 7) is 4.00. The summed E-state index contributed by atoms with van der Waals surface area (Å²) < 4.78 is 5.45.